The first kappa shape index (κ1) is 16.5. The molecule has 0 saturated carbocycles. The largest absolute Gasteiger partial charge is 0.309 e. The van der Waals surface area contributed by atoms with Crippen LogP contribution in [0.1, 0.15) is 42.1 Å². The number of nitrogens with one attached hydrogen (secondary N) is 1. The van der Waals surface area contributed by atoms with E-state index in [1.54, 1.807) is 11.3 Å². The van der Waals surface area contributed by atoms with Gasteiger partial charge in [0.15, 0.2) is 0 Å². The Bertz CT molecular complexity index is 943. The van der Waals surface area contributed by atoms with Gasteiger partial charge in [-0.15, -0.1) is 11.3 Å². The van der Waals surface area contributed by atoms with E-state index in [9.17, 15) is 4.79 Å². The van der Waals surface area contributed by atoms with Crippen molar-refractivity contribution in [3.05, 3.63) is 62.5 Å². The SMILES string of the molecule is CC(C)N(Cc1ccccc1)Cc1nc2sc3c(c2c(=O)[nH]1)CCC3. The number of aromatic nitrogens is 2. The monoisotopic (exact) mass is 353 g/mol. The molecule has 130 valence electrons. The van der Waals surface area contributed by atoms with E-state index in [0.29, 0.717) is 12.6 Å². The first-order chi connectivity index (χ1) is 12.1. The summed E-state index contributed by atoms with van der Waals surface area (Å²) in [5.74, 6) is 0.766. The Labute approximate surface area is 151 Å². The molecule has 25 heavy (non-hydrogen) atoms. The second-order valence-corrected chi connectivity index (χ2v) is 8.12. The van der Waals surface area contributed by atoms with Gasteiger partial charge in [-0.05, 0) is 44.2 Å². The van der Waals surface area contributed by atoms with Gasteiger partial charge >= 0.3 is 0 Å². The number of hydrogen-bond donors (Lipinski definition) is 1. The fraction of sp³-hybridized carbons (Fsp3) is 0.400. The quantitative estimate of drug-likeness (QED) is 0.757. The van der Waals surface area contributed by atoms with Gasteiger partial charge in [0.2, 0.25) is 0 Å². The van der Waals surface area contributed by atoms with E-state index in [-0.39, 0.29) is 5.56 Å². The maximum absolute atomic E-state index is 12.6. The van der Waals surface area contributed by atoms with E-state index >= 15 is 0 Å². The molecule has 0 saturated heterocycles. The van der Waals surface area contributed by atoms with Crippen molar-refractivity contribution in [1.82, 2.24) is 14.9 Å². The van der Waals surface area contributed by atoms with Crippen LogP contribution in [-0.2, 0) is 25.9 Å². The summed E-state index contributed by atoms with van der Waals surface area (Å²) < 4.78 is 0. The normalized spacial score (nSPS) is 13.9. The highest BCUT2D eigenvalue weighted by molar-refractivity contribution is 7.18. The molecule has 0 unspecified atom stereocenters. The van der Waals surface area contributed by atoms with Gasteiger partial charge in [-0.1, -0.05) is 30.3 Å². The van der Waals surface area contributed by atoms with Crippen LogP contribution in [0, 0.1) is 0 Å². The molecule has 0 atom stereocenters. The molecular formula is C20H23N3OS. The number of aromatic amines is 1. The molecular weight excluding hydrogens is 330 g/mol. The maximum Gasteiger partial charge on any atom is 0.259 e. The zero-order valence-corrected chi connectivity index (χ0v) is 15.5. The lowest BCUT2D eigenvalue weighted by Gasteiger charge is -2.26. The zero-order chi connectivity index (χ0) is 17.4. The van der Waals surface area contributed by atoms with Crippen LogP contribution in [0.5, 0.6) is 0 Å². The first-order valence-corrected chi connectivity index (χ1v) is 9.75. The predicted octanol–water partition coefficient (Wildman–Crippen LogP) is 3.88. The Morgan fingerprint density at radius 3 is 2.76 bits per heavy atom. The Morgan fingerprint density at radius 2 is 2.00 bits per heavy atom. The maximum atomic E-state index is 12.6. The van der Waals surface area contributed by atoms with Crippen molar-refractivity contribution in [1.29, 1.82) is 0 Å². The van der Waals surface area contributed by atoms with Crippen molar-refractivity contribution in [3.8, 4) is 0 Å². The summed E-state index contributed by atoms with van der Waals surface area (Å²) in [6, 6.07) is 10.8. The molecule has 0 aliphatic heterocycles. The lowest BCUT2D eigenvalue weighted by atomic mass is 10.2. The van der Waals surface area contributed by atoms with Crippen molar-refractivity contribution < 1.29 is 0 Å². The Morgan fingerprint density at radius 1 is 1.20 bits per heavy atom. The van der Waals surface area contributed by atoms with Crippen molar-refractivity contribution in [2.75, 3.05) is 0 Å². The highest BCUT2D eigenvalue weighted by Crippen LogP contribution is 2.34. The molecule has 1 aliphatic rings. The molecule has 0 bridgehead atoms. The summed E-state index contributed by atoms with van der Waals surface area (Å²) in [4.78, 5) is 25.0. The average Bonchev–Trinajstić information content (AvgIpc) is 3.15. The molecule has 0 spiro atoms. The van der Waals surface area contributed by atoms with E-state index in [4.69, 9.17) is 4.98 Å². The van der Waals surface area contributed by atoms with E-state index in [1.165, 1.54) is 16.0 Å². The minimum atomic E-state index is 0.0304. The van der Waals surface area contributed by atoms with Crippen LogP contribution in [0.25, 0.3) is 10.2 Å². The molecule has 2 heterocycles. The minimum Gasteiger partial charge on any atom is -0.309 e. The lowest BCUT2D eigenvalue weighted by Crippen LogP contribution is -2.31. The van der Waals surface area contributed by atoms with Gasteiger partial charge < -0.3 is 4.98 Å². The number of rotatable bonds is 5. The second kappa shape index (κ2) is 6.73. The number of thiophene rings is 1. The highest BCUT2D eigenvalue weighted by Gasteiger charge is 2.21. The minimum absolute atomic E-state index is 0.0304. The summed E-state index contributed by atoms with van der Waals surface area (Å²) >= 11 is 1.70. The molecule has 0 amide bonds. The molecule has 3 aromatic rings. The summed E-state index contributed by atoms with van der Waals surface area (Å²) in [5, 5.41) is 0.834. The van der Waals surface area contributed by atoms with Gasteiger partial charge in [-0.3, -0.25) is 9.69 Å². The van der Waals surface area contributed by atoms with Crippen LogP contribution in [0.3, 0.4) is 0 Å². The molecule has 4 nitrogen and oxygen atoms in total. The molecule has 1 N–H and O–H groups in total. The number of H-pyrrole nitrogens is 1. The Kier molecular flexibility index (Phi) is 4.44. The molecule has 1 aromatic carbocycles. The third-order valence-electron chi connectivity index (χ3n) is 4.94. The fourth-order valence-corrected chi connectivity index (χ4v) is 4.83. The molecule has 1 aliphatic carbocycles. The van der Waals surface area contributed by atoms with Crippen LogP contribution in [0.15, 0.2) is 35.1 Å². The third kappa shape index (κ3) is 3.26. The summed E-state index contributed by atoms with van der Waals surface area (Å²) in [6.07, 6.45) is 3.28. The predicted molar refractivity (Wildman–Crippen MR) is 103 cm³/mol. The van der Waals surface area contributed by atoms with Crippen molar-refractivity contribution in [3.63, 3.8) is 0 Å². The molecule has 4 rings (SSSR count). The zero-order valence-electron chi connectivity index (χ0n) is 14.7. The number of nitrogens with zero attached hydrogens (tertiary/aromatic N) is 2. The fourth-order valence-electron chi connectivity index (χ4n) is 3.55. The van der Waals surface area contributed by atoms with E-state index in [2.05, 4.69) is 48.0 Å². The van der Waals surface area contributed by atoms with Crippen LogP contribution in [0.4, 0.5) is 0 Å². The molecule has 2 aromatic heterocycles. The number of benzene rings is 1. The van der Waals surface area contributed by atoms with Gasteiger partial charge in [-0.25, -0.2) is 4.98 Å². The van der Waals surface area contributed by atoms with Gasteiger partial charge in [0.05, 0.1) is 11.9 Å². The molecule has 0 fully saturated rings. The summed E-state index contributed by atoms with van der Waals surface area (Å²) in [6.45, 7) is 5.86. The smallest absolute Gasteiger partial charge is 0.259 e. The van der Waals surface area contributed by atoms with Crippen LogP contribution >= 0.6 is 11.3 Å². The van der Waals surface area contributed by atoms with Gasteiger partial charge in [0.1, 0.15) is 10.7 Å². The lowest BCUT2D eigenvalue weighted by molar-refractivity contribution is 0.198. The number of hydrogen-bond acceptors (Lipinski definition) is 4. The standard InChI is InChI=1S/C20H23N3OS/c1-13(2)23(11-14-7-4-3-5-8-14)12-17-21-19(24)18-15-9-6-10-16(15)25-20(18)22-17/h3-5,7-8,13H,6,9-12H2,1-2H3,(H,21,22,24). The summed E-state index contributed by atoms with van der Waals surface area (Å²) in [5.41, 5.74) is 2.54. The van der Waals surface area contributed by atoms with Crippen molar-refractivity contribution in [2.24, 2.45) is 0 Å². The Hall–Kier alpha value is -1.98. The highest BCUT2D eigenvalue weighted by atomic mass is 32.1. The third-order valence-corrected chi connectivity index (χ3v) is 6.12. The average molecular weight is 353 g/mol. The Balaban J connectivity index is 1.63. The van der Waals surface area contributed by atoms with E-state index in [0.717, 1.165) is 41.8 Å². The van der Waals surface area contributed by atoms with Gasteiger partial charge in [-0.2, -0.15) is 0 Å². The summed E-state index contributed by atoms with van der Waals surface area (Å²) in [7, 11) is 0. The van der Waals surface area contributed by atoms with Gasteiger partial charge in [0, 0.05) is 17.5 Å². The second-order valence-electron chi connectivity index (χ2n) is 7.03. The van der Waals surface area contributed by atoms with Crippen LogP contribution in [0.2, 0.25) is 0 Å². The van der Waals surface area contributed by atoms with Crippen molar-refractivity contribution >= 4 is 21.6 Å². The number of aryl methyl sites for hydroxylation is 2. The first-order valence-electron chi connectivity index (χ1n) is 8.93. The van der Waals surface area contributed by atoms with E-state index in [1.807, 2.05) is 6.07 Å². The topological polar surface area (TPSA) is 49.0 Å². The van der Waals surface area contributed by atoms with Crippen molar-refractivity contribution in [2.45, 2.75) is 52.2 Å². The molecule has 5 heteroatoms. The van der Waals surface area contributed by atoms with Crippen LogP contribution in [-0.4, -0.2) is 20.9 Å². The molecule has 0 radical (unpaired) electrons. The van der Waals surface area contributed by atoms with Gasteiger partial charge in [0.25, 0.3) is 5.56 Å². The number of fused-ring (bicyclic) bond motifs is 3. The van der Waals surface area contributed by atoms with Crippen LogP contribution < -0.4 is 5.56 Å². The van der Waals surface area contributed by atoms with E-state index < -0.39 is 0 Å².